The number of aliphatic hydroxyl groups is 1. The number of benzene rings is 2. The van der Waals surface area contributed by atoms with Crippen molar-refractivity contribution in [2.75, 3.05) is 6.61 Å². The van der Waals surface area contributed by atoms with Crippen LogP contribution in [0.2, 0.25) is 0 Å². The van der Waals surface area contributed by atoms with Crippen molar-refractivity contribution in [2.24, 2.45) is 0 Å². The van der Waals surface area contributed by atoms with Gasteiger partial charge >= 0.3 is 0 Å². The quantitative estimate of drug-likeness (QED) is 0.773. The third kappa shape index (κ3) is 3.64. The number of rotatable bonds is 5. The molecular formula is C21H21NO3. The molecule has 0 aliphatic rings. The normalized spacial score (nSPS) is 10.7. The molecule has 0 radical (unpaired) electrons. The van der Waals surface area contributed by atoms with Crippen LogP contribution < -0.4 is 10.3 Å². The van der Waals surface area contributed by atoms with Gasteiger partial charge in [0.1, 0.15) is 5.75 Å². The number of hydrogen-bond donors (Lipinski definition) is 1. The number of pyridine rings is 1. The van der Waals surface area contributed by atoms with E-state index in [0.29, 0.717) is 6.61 Å². The standard InChI is InChI=1S/C21H21NO3/c1-3-25-19-9-10-20(15(2)12-19)22-13-18(8-11-21(22)24)17-6-4-16(14-23)5-7-17/h4-13,23H,3,14H2,1-2H3. The van der Waals surface area contributed by atoms with Crippen LogP contribution in [0.15, 0.2) is 65.6 Å². The van der Waals surface area contributed by atoms with Gasteiger partial charge in [-0.2, -0.15) is 0 Å². The maximum Gasteiger partial charge on any atom is 0.255 e. The molecule has 25 heavy (non-hydrogen) atoms. The van der Waals surface area contributed by atoms with Crippen molar-refractivity contribution in [3.63, 3.8) is 0 Å². The van der Waals surface area contributed by atoms with E-state index in [4.69, 9.17) is 9.84 Å². The van der Waals surface area contributed by atoms with Crippen LogP contribution in [0.4, 0.5) is 0 Å². The Labute approximate surface area is 147 Å². The minimum absolute atomic E-state index is 0.0190. The average Bonchev–Trinajstić information content (AvgIpc) is 2.63. The summed E-state index contributed by atoms with van der Waals surface area (Å²) in [5.74, 6) is 0.799. The maximum atomic E-state index is 12.4. The first-order chi connectivity index (χ1) is 12.1. The van der Waals surface area contributed by atoms with Gasteiger partial charge in [-0.25, -0.2) is 0 Å². The molecule has 1 heterocycles. The highest BCUT2D eigenvalue weighted by molar-refractivity contribution is 5.63. The zero-order valence-electron chi connectivity index (χ0n) is 14.4. The van der Waals surface area contributed by atoms with Gasteiger partial charge in [-0.3, -0.25) is 9.36 Å². The summed E-state index contributed by atoms with van der Waals surface area (Å²) in [5.41, 5.74) is 4.53. The van der Waals surface area contributed by atoms with Gasteiger partial charge < -0.3 is 9.84 Å². The Morgan fingerprint density at radius 2 is 1.72 bits per heavy atom. The van der Waals surface area contributed by atoms with Crippen LogP contribution >= 0.6 is 0 Å². The molecule has 128 valence electrons. The van der Waals surface area contributed by atoms with E-state index in [1.165, 1.54) is 0 Å². The van der Waals surface area contributed by atoms with Crippen LogP contribution in [0, 0.1) is 6.92 Å². The highest BCUT2D eigenvalue weighted by Gasteiger charge is 2.07. The topological polar surface area (TPSA) is 51.5 Å². The van der Waals surface area contributed by atoms with E-state index in [1.54, 1.807) is 10.6 Å². The number of nitrogens with zero attached hydrogens (tertiary/aromatic N) is 1. The monoisotopic (exact) mass is 335 g/mol. The summed E-state index contributed by atoms with van der Waals surface area (Å²) in [5, 5.41) is 9.16. The van der Waals surface area contributed by atoms with E-state index in [1.807, 2.05) is 68.6 Å². The minimum Gasteiger partial charge on any atom is -0.494 e. The van der Waals surface area contributed by atoms with Gasteiger partial charge in [0.25, 0.3) is 5.56 Å². The van der Waals surface area contributed by atoms with Gasteiger partial charge in [-0.05, 0) is 60.4 Å². The summed E-state index contributed by atoms with van der Waals surface area (Å²) in [4.78, 5) is 12.4. The molecule has 3 aromatic rings. The minimum atomic E-state index is -0.0806. The first kappa shape index (κ1) is 17.0. The second kappa shape index (κ2) is 7.36. The summed E-state index contributed by atoms with van der Waals surface area (Å²) < 4.78 is 7.17. The maximum absolute atomic E-state index is 12.4. The summed E-state index contributed by atoms with van der Waals surface area (Å²) in [6, 6.07) is 16.8. The lowest BCUT2D eigenvalue weighted by atomic mass is 10.1. The third-order valence-corrected chi connectivity index (χ3v) is 4.12. The predicted octanol–water partition coefficient (Wildman–Crippen LogP) is 3.70. The molecule has 0 unspecified atom stereocenters. The number of aromatic nitrogens is 1. The fraction of sp³-hybridized carbons (Fsp3) is 0.190. The number of hydrogen-bond acceptors (Lipinski definition) is 3. The Morgan fingerprint density at radius 3 is 2.36 bits per heavy atom. The molecule has 0 amide bonds. The van der Waals surface area contributed by atoms with Crippen molar-refractivity contribution < 1.29 is 9.84 Å². The fourth-order valence-corrected chi connectivity index (χ4v) is 2.80. The Kier molecular flexibility index (Phi) is 5.00. The number of aliphatic hydroxyl groups excluding tert-OH is 1. The van der Waals surface area contributed by atoms with Gasteiger partial charge in [0.15, 0.2) is 0 Å². The lowest BCUT2D eigenvalue weighted by Crippen LogP contribution is -2.17. The second-order valence-corrected chi connectivity index (χ2v) is 5.86. The van der Waals surface area contributed by atoms with E-state index in [2.05, 4.69) is 0 Å². The van der Waals surface area contributed by atoms with Crippen molar-refractivity contribution in [2.45, 2.75) is 20.5 Å². The molecule has 1 aromatic heterocycles. The van der Waals surface area contributed by atoms with Crippen molar-refractivity contribution in [3.8, 4) is 22.6 Å². The molecule has 0 saturated heterocycles. The molecule has 0 spiro atoms. The first-order valence-corrected chi connectivity index (χ1v) is 8.29. The van der Waals surface area contributed by atoms with Crippen molar-refractivity contribution in [3.05, 3.63) is 82.3 Å². The molecule has 0 fully saturated rings. The SMILES string of the molecule is CCOc1ccc(-n2cc(-c3ccc(CO)cc3)ccc2=O)c(C)c1. The molecule has 0 atom stereocenters. The molecule has 1 N–H and O–H groups in total. The zero-order valence-corrected chi connectivity index (χ0v) is 14.4. The van der Waals surface area contributed by atoms with Crippen molar-refractivity contribution in [1.29, 1.82) is 0 Å². The van der Waals surface area contributed by atoms with E-state index in [0.717, 1.165) is 33.7 Å². The van der Waals surface area contributed by atoms with Crippen molar-refractivity contribution in [1.82, 2.24) is 4.57 Å². The second-order valence-electron chi connectivity index (χ2n) is 5.86. The molecule has 4 nitrogen and oxygen atoms in total. The van der Waals surface area contributed by atoms with Gasteiger partial charge in [-0.1, -0.05) is 24.3 Å². The van der Waals surface area contributed by atoms with Crippen LogP contribution in [-0.4, -0.2) is 16.3 Å². The summed E-state index contributed by atoms with van der Waals surface area (Å²) in [6.45, 7) is 4.54. The van der Waals surface area contributed by atoms with E-state index in [-0.39, 0.29) is 12.2 Å². The van der Waals surface area contributed by atoms with Gasteiger partial charge in [-0.15, -0.1) is 0 Å². The van der Waals surface area contributed by atoms with Gasteiger partial charge in [0.05, 0.1) is 18.9 Å². The van der Waals surface area contributed by atoms with Crippen LogP contribution in [0.25, 0.3) is 16.8 Å². The number of aryl methyl sites for hydroxylation is 1. The third-order valence-electron chi connectivity index (χ3n) is 4.12. The van der Waals surface area contributed by atoms with Gasteiger partial charge in [0.2, 0.25) is 0 Å². The predicted molar refractivity (Wildman–Crippen MR) is 99.3 cm³/mol. The van der Waals surface area contributed by atoms with E-state index < -0.39 is 0 Å². The largest absolute Gasteiger partial charge is 0.494 e. The first-order valence-electron chi connectivity index (χ1n) is 8.29. The van der Waals surface area contributed by atoms with E-state index >= 15 is 0 Å². The Hall–Kier alpha value is -2.85. The number of ether oxygens (including phenoxy) is 1. The molecule has 4 heteroatoms. The van der Waals surface area contributed by atoms with Crippen LogP contribution in [0.5, 0.6) is 5.75 Å². The van der Waals surface area contributed by atoms with E-state index in [9.17, 15) is 4.79 Å². The lowest BCUT2D eigenvalue weighted by Gasteiger charge is -2.13. The van der Waals surface area contributed by atoms with Crippen LogP contribution in [0.1, 0.15) is 18.1 Å². The Balaban J connectivity index is 2.03. The highest BCUT2D eigenvalue weighted by Crippen LogP contribution is 2.23. The smallest absolute Gasteiger partial charge is 0.255 e. The molecule has 3 rings (SSSR count). The molecule has 2 aromatic carbocycles. The molecule has 0 saturated carbocycles. The average molecular weight is 335 g/mol. The molecule has 0 aliphatic carbocycles. The fourth-order valence-electron chi connectivity index (χ4n) is 2.80. The Morgan fingerprint density at radius 1 is 1.00 bits per heavy atom. The van der Waals surface area contributed by atoms with Crippen molar-refractivity contribution >= 4 is 0 Å². The summed E-state index contributed by atoms with van der Waals surface area (Å²) in [7, 11) is 0. The summed E-state index contributed by atoms with van der Waals surface area (Å²) in [6.07, 6.45) is 1.85. The van der Waals surface area contributed by atoms with Gasteiger partial charge in [0, 0.05) is 12.3 Å². The molecule has 0 bridgehead atoms. The lowest BCUT2D eigenvalue weighted by molar-refractivity contribution is 0.282. The zero-order chi connectivity index (χ0) is 17.8. The molecule has 0 aliphatic heterocycles. The van der Waals surface area contributed by atoms with Crippen LogP contribution in [0.3, 0.4) is 0 Å². The van der Waals surface area contributed by atoms with Crippen LogP contribution in [-0.2, 0) is 6.61 Å². The molecular weight excluding hydrogens is 314 g/mol. The Bertz CT molecular complexity index is 927. The highest BCUT2D eigenvalue weighted by atomic mass is 16.5. The summed E-state index contributed by atoms with van der Waals surface area (Å²) >= 11 is 0.